The van der Waals surface area contributed by atoms with E-state index in [1.54, 1.807) is 0 Å². The standard InChI is InChI=1S/C12H20NP2.2CO.Ir/c1-14(2)8-10-5-11(9-15(3)4)7-12(13)6-10;2*1-2;/h6-7H,8-9,13H2,1-4H3;;;/q-1;;;. The fourth-order valence-electron chi connectivity index (χ4n) is 1.57. The molecular formula is C14H20IrNO2P2-. The molecule has 20 heavy (non-hydrogen) atoms. The molecule has 0 amide bonds. The van der Waals surface area contributed by atoms with E-state index >= 15 is 0 Å². The number of hydrogen-bond acceptors (Lipinski definition) is 1. The van der Waals surface area contributed by atoms with Crippen LogP contribution in [0.15, 0.2) is 12.1 Å². The van der Waals surface area contributed by atoms with Crippen LogP contribution in [0.25, 0.3) is 0 Å². The second kappa shape index (κ2) is 15.4. The Labute approximate surface area is 138 Å². The van der Waals surface area contributed by atoms with E-state index in [1.807, 2.05) is 0 Å². The average Bonchev–Trinajstić information content (AvgIpc) is 2.31. The molecule has 2 N–H and O–H groups in total. The van der Waals surface area contributed by atoms with Gasteiger partial charge in [0.05, 0.1) is 0 Å². The third kappa shape index (κ3) is 13.0. The molecule has 3 nitrogen and oxygen atoms in total. The van der Waals surface area contributed by atoms with Gasteiger partial charge in [-0.05, 0) is 39.0 Å². The zero-order valence-electron chi connectivity index (χ0n) is 12.2. The van der Waals surface area contributed by atoms with Crippen LogP contribution in [-0.2, 0) is 41.7 Å². The molecule has 0 aliphatic rings. The molecule has 6 heteroatoms. The van der Waals surface area contributed by atoms with Crippen molar-refractivity contribution in [3.8, 4) is 0 Å². The van der Waals surface area contributed by atoms with Crippen molar-refractivity contribution >= 4 is 21.5 Å². The molecule has 1 aromatic carbocycles. The summed E-state index contributed by atoms with van der Waals surface area (Å²) >= 11 is 0. The molecule has 113 valence electrons. The van der Waals surface area contributed by atoms with Gasteiger partial charge in [-0.1, -0.05) is 5.69 Å². The molecule has 1 radical (unpaired) electrons. The zero-order valence-corrected chi connectivity index (χ0v) is 16.4. The summed E-state index contributed by atoms with van der Waals surface area (Å²) in [6, 6.07) is 7.64. The van der Waals surface area contributed by atoms with E-state index in [1.165, 1.54) is 11.1 Å². The van der Waals surface area contributed by atoms with Crippen molar-refractivity contribution in [2.24, 2.45) is 0 Å². The molecule has 0 bridgehead atoms. The first-order valence-corrected chi connectivity index (χ1v) is 10.3. The second-order valence-electron chi connectivity index (χ2n) is 4.44. The summed E-state index contributed by atoms with van der Waals surface area (Å²) in [4.78, 5) is 0. The van der Waals surface area contributed by atoms with Crippen LogP contribution >= 0.6 is 15.8 Å². The predicted molar refractivity (Wildman–Crippen MR) is 82.5 cm³/mol. The van der Waals surface area contributed by atoms with Crippen molar-refractivity contribution in [1.82, 2.24) is 0 Å². The van der Waals surface area contributed by atoms with Gasteiger partial charge >= 0.3 is 22.6 Å². The fourth-order valence-corrected chi connectivity index (χ4v) is 3.28. The van der Waals surface area contributed by atoms with Gasteiger partial charge in [-0.25, -0.2) is 0 Å². The van der Waals surface area contributed by atoms with Crippen molar-refractivity contribution in [3.05, 3.63) is 42.6 Å². The number of hydrogen-bond donors (Lipinski definition) is 1. The molecule has 0 saturated heterocycles. The summed E-state index contributed by atoms with van der Waals surface area (Å²) in [5.41, 5.74) is 9.38. The minimum atomic E-state index is 0. The van der Waals surface area contributed by atoms with Gasteiger partial charge in [0.15, 0.2) is 0 Å². The van der Waals surface area contributed by atoms with Crippen LogP contribution in [0.4, 0.5) is 5.69 Å². The molecule has 0 aromatic heterocycles. The summed E-state index contributed by atoms with van der Waals surface area (Å²) in [5.74, 6) is 0. The summed E-state index contributed by atoms with van der Waals surface area (Å²) in [5, 5.41) is 0. The first-order chi connectivity index (χ1) is 8.97. The zero-order chi connectivity index (χ0) is 15.4. The molecule has 0 unspecified atom stereocenters. The SMILES string of the molecule is CP(C)Cc1[c-]c(CP(C)C)cc(N)c1.[C-]#[O+].[C-]#[O+].[Ir]. The van der Waals surface area contributed by atoms with Crippen LogP contribution < -0.4 is 5.73 Å². The Morgan fingerprint density at radius 2 is 1.25 bits per heavy atom. The minimum Gasteiger partial charge on any atom is 0 e. The molecular weight excluding hydrogens is 468 g/mol. The molecule has 0 atom stereocenters. The van der Waals surface area contributed by atoms with Crippen molar-refractivity contribution < 1.29 is 29.4 Å². The Morgan fingerprint density at radius 3 is 1.50 bits per heavy atom. The van der Waals surface area contributed by atoms with Crippen molar-refractivity contribution in [1.29, 1.82) is 0 Å². The third-order valence-corrected chi connectivity index (χ3v) is 3.92. The maximum Gasteiger partial charge on any atom is 0 e. The summed E-state index contributed by atoms with van der Waals surface area (Å²) in [6.07, 6.45) is 2.28. The average molecular weight is 488 g/mol. The minimum absolute atomic E-state index is 0. The van der Waals surface area contributed by atoms with E-state index in [0.717, 1.165) is 18.0 Å². The monoisotopic (exact) mass is 489 g/mol. The number of nitrogen functional groups attached to an aromatic ring is 1. The summed E-state index contributed by atoms with van der Waals surface area (Å²) in [6.45, 7) is 18.2. The number of anilines is 1. The third-order valence-electron chi connectivity index (χ3n) is 1.98. The van der Waals surface area contributed by atoms with Crippen molar-refractivity contribution in [2.45, 2.75) is 12.3 Å². The molecule has 1 rings (SSSR count). The normalized spacial score (nSPS) is 8.70. The Bertz CT molecular complexity index is 372. The van der Waals surface area contributed by atoms with Gasteiger partial charge in [-0.3, -0.25) is 0 Å². The Hall–Kier alpha value is 0.00935. The van der Waals surface area contributed by atoms with Gasteiger partial charge in [0.25, 0.3) is 0 Å². The topological polar surface area (TPSA) is 65.8 Å². The van der Waals surface area contributed by atoms with Crippen LogP contribution in [0, 0.1) is 19.4 Å². The predicted octanol–water partition coefficient (Wildman–Crippen LogP) is 3.47. The smallest absolute Gasteiger partial charge is 0 e. The Kier molecular flexibility index (Phi) is 19.2. The van der Waals surface area contributed by atoms with Crippen molar-refractivity contribution in [3.63, 3.8) is 0 Å². The molecule has 0 spiro atoms. The van der Waals surface area contributed by atoms with E-state index in [2.05, 4.69) is 58.2 Å². The maximum absolute atomic E-state index is 7.50. The van der Waals surface area contributed by atoms with Gasteiger partial charge in [0.2, 0.25) is 0 Å². The number of nitrogens with two attached hydrogens (primary N) is 1. The molecule has 0 heterocycles. The molecule has 0 fully saturated rings. The van der Waals surface area contributed by atoms with Gasteiger partial charge in [0, 0.05) is 20.1 Å². The van der Waals surface area contributed by atoms with Crippen LogP contribution in [0.5, 0.6) is 0 Å². The molecule has 0 aliphatic carbocycles. The van der Waals surface area contributed by atoms with Gasteiger partial charge < -0.3 is 5.73 Å². The van der Waals surface area contributed by atoms with Gasteiger partial charge in [-0.2, -0.15) is 17.2 Å². The summed E-state index contributed by atoms with van der Waals surface area (Å²) in [7, 11) is 0.193. The molecule has 0 aliphatic heterocycles. The summed E-state index contributed by atoms with van der Waals surface area (Å²) < 4.78 is 15.0. The maximum atomic E-state index is 7.50. The first kappa shape index (κ1) is 25.0. The van der Waals surface area contributed by atoms with E-state index in [0.29, 0.717) is 0 Å². The first-order valence-electron chi connectivity index (χ1n) is 5.48. The quantitative estimate of drug-likeness (QED) is 0.300. The molecule has 0 saturated carbocycles. The number of benzene rings is 1. The van der Waals surface area contributed by atoms with E-state index in [-0.39, 0.29) is 35.9 Å². The Morgan fingerprint density at radius 1 is 0.950 bits per heavy atom. The molecule has 1 aromatic rings. The van der Waals surface area contributed by atoms with Gasteiger partial charge in [-0.15, -0.1) is 28.0 Å². The van der Waals surface area contributed by atoms with Crippen LogP contribution in [-0.4, -0.2) is 26.7 Å². The largest absolute Gasteiger partial charge is 0 e. The van der Waals surface area contributed by atoms with E-state index in [4.69, 9.17) is 15.0 Å². The second-order valence-corrected chi connectivity index (χ2v) is 9.39. The van der Waals surface area contributed by atoms with Crippen LogP contribution in [0.1, 0.15) is 11.1 Å². The van der Waals surface area contributed by atoms with Gasteiger partial charge in [0.1, 0.15) is 0 Å². The van der Waals surface area contributed by atoms with Crippen molar-refractivity contribution in [2.75, 3.05) is 32.4 Å². The van der Waals surface area contributed by atoms with Crippen LogP contribution in [0.2, 0.25) is 0 Å². The fraction of sp³-hybridized carbons (Fsp3) is 0.429. The Balaban J connectivity index is -0.000000529. The van der Waals surface area contributed by atoms with Crippen LogP contribution in [0.3, 0.4) is 0 Å². The van der Waals surface area contributed by atoms with E-state index < -0.39 is 0 Å². The van der Waals surface area contributed by atoms with E-state index in [9.17, 15) is 0 Å². The number of rotatable bonds is 4.